The molecule has 1 aromatic heterocycles. The van der Waals surface area contributed by atoms with Crippen molar-refractivity contribution in [2.45, 2.75) is 13.8 Å². The van der Waals surface area contributed by atoms with E-state index < -0.39 is 0 Å². The van der Waals surface area contributed by atoms with Crippen LogP contribution in [0.5, 0.6) is 0 Å². The van der Waals surface area contributed by atoms with Crippen molar-refractivity contribution >= 4 is 0 Å². The molecule has 0 amide bonds. The van der Waals surface area contributed by atoms with Gasteiger partial charge in [0.15, 0.2) is 0 Å². The summed E-state index contributed by atoms with van der Waals surface area (Å²) >= 11 is 0. The highest BCUT2D eigenvalue weighted by Crippen LogP contribution is 1.98. The predicted octanol–water partition coefficient (Wildman–Crippen LogP) is 0.663. The van der Waals surface area contributed by atoms with Crippen molar-refractivity contribution in [3.05, 3.63) is 33.7 Å². The fourth-order valence-electron chi connectivity index (χ4n) is 1.37. The summed E-state index contributed by atoms with van der Waals surface area (Å²) in [6.45, 7) is 3.85. The number of aromatic nitrogens is 1. The van der Waals surface area contributed by atoms with Gasteiger partial charge in [0.05, 0.1) is 0 Å². The van der Waals surface area contributed by atoms with Gasteiger partial charge in [0.25, 0.3) is 5.56 Å². The van der Waals surface area contributed by atoms with E-state index in [1.54, 1.807) is 15.8 Å². The predicted molar refractivity (Wildman–Crippen MR) is 50.2 cm³/mol. The lowest BCUT2D eigenvalue weighted by Gasteiger charge is -2.18. The van der Waals surface area contributed by atoms with E-state index in [1.165, 1.54) is 0 Å². The number of aryl methyl sites for hydroxylation is 2. The first-order valence-electron chi connectivity index (χ1n) is 3.90. The lowest BCUT2D eigenvalue weighted by atomic mass is 10.2. The molecule has 0 aromatic carbocycles. The Morgan fingerprint density at radius 3 is 2.25 bits per heavy atom. The van der Waals surface area contributed by atoms with E-state index in [-0.39, 0.29) is 5.56 Å². The molecule has 0 N–H and O–H groups in total. The zero-order chi connectivity index (χ0) is 9.30. The van der Waals surface area contributed by atoms with Crippen LogP contribution >= 0.6 is 0 Å². The second kappa shape index (κ2) is 3.01. The van der Waals surface area contributed by atoms with Gasteiger partial charge >= 0.3 is 0 Å². The van der Waals surface area contributed by atoms with E-state index >= 15 is 0 Å². The Hall–Kier alpha value is -1.25. The molecule has 0 radical (unpaired) electrons. The molecule has 0 saturated heterocycles. The fraction of sp³-hybridized carbons (Fsp3) is 0.444. The van der Waals surface area contributed by atoms with Crippen LogP contribution < -0.4 is 10.6 Å². The summed E-state index contributed by atoms with van der Waals surface area (Å²) in [5.41, 5.74) is 2.00. The smallest absolute Gasteiger partial charge is 0.269 e. The van der Waals surface area contributed by atoms with Crippen molar-refractivity contribution < 1.29 is 0 Å². The Labute approximate surface area is 72.2 Å². The summed E-state index contributed by atoms with van der Waals surface area (Å²) in [5.74, 6) is 0. The van der Waals surface area contributed by atoms with Crippen LogP contribution in [-0.2, 0) is 0 Å². The highest BCUT2D eigenvalue weighted by atomic mass is 16.1. The van der Waals surface area contributed by atoms with E-state index in [4.69, 9.17) is 0 Å². The van der Waals surface area contributed by atoms with Gasteiger partial charge in [-0.2, -0.15) is 0 Å². The summed E-state index contributed by atoms with van der Waals surface area (Å²) in [7, 11) is 3.70. The molecular weight excluding hydrogens is 152 g/mol. The monoisotopic (exact) mass is 166 g/mol. The minimum atomic E-state index is 0.0255. The van der Waals surface area contributed by atoms with Crippen LogP contribution in [0.3, 0.4) is 0 Å². The zero-order valence-corrected chi connectivity index (χ0v) is 7.96. The summed E-state index contributed by atoms with van der Waals surface area (Å²) < 4.78 is 1.63. The molecule has 0 spiro atoms. The third-order valence-electron chi connectivity index (χ3n) is 1.73. The largest absolute Gasteiger partial charge is 0.316 e. The van der Waals surface area contributed by atoms with Crippen LogP contribution in [0.1, 0.15) is 11.3 Å². The molecular formula is C9H14N2O. The molecule has 1 heterocycles. The summed E-state index contributed by atoms with van der Waals surface area (Å²) in [6.07, 6.45) is 0. The van der Waals surface area contributed by atoms with Crippen LogP contribution in [0.25, 0.3) is 0 Å². The first-order chi connectivity index (χ1) is 5.52. The van der Waals surface area contributed by atoms with E-state index in [1.807, 2.05) is 34.0 Å². The molecule has 66 valence electrons. The normalized spacial score (nSPS) is 10.0. The van der Waals surface area contributed by atoms with Gasteiger partial charge in [-0.3, -0.25) is 4.79 Å². The Kier molecular flexibility index (Phi) is 2.22. The number of hydrogen-bond acceptors (Lipinski definition) is 2. The highest BCUT2D eigenvalue weighted by Gasteiger charge is 2.01. The summed E-state index contributed by atoms with van der Waals surface area (Å²) in [5, 5.41) is 1.77. The molecule has 0 unspecified atom stereocenters. The van der Waals surface area contributed by atoms with Gasteiger partial charge in [-0.25, -0.2) is 4.68 Å². The fourth-order valence-corrected chi connectivity index (χ4v) is 1.37. The Bertz CT molecular complexity index is 339. The maximum atomic E-state index is 11.4. The maximum absolute atomic E-state index is 11.4. The summed E-state index contributed by atoms with van der Waals surface area (Å²) in [4.78, 5) is 11.4. The molecule has 0 fully saturated rings. The Balaban J connectivity index is 3.39. The topological polar surface area (TPSA) is 25.2 Å². The second-order valence-electron chi connectivity index (χ2n) is 3.17. The lowest BCUT2D eigenvalue weighted by molar-refractivity contribution is 0.675. The number of rotatable bonds is 1. The molecule has 1 aromatic rings. The molecule has 0 saturated carbocycles. The van der Waals surface area contributed by atoms with Crippen molar-refractivity contribution in [3.63, 3.8) is 0 Å². The Morgan fingerprint density at radius 1 is 1.25 bits per heavy atom. The van der Waals surface area contributed by atoms with Gasteiger partial charge < -0.3 is 5.01 Å². The van der Waals surface area contributed by atoms with Gasteiger partial charge in [-0.1, -0.05) is 0 Å². The average molecular weight is 166 g/mol. The molecule has 3 heteroatoms. The van der Waals surface area contributed by atoms with E-state index in [2.05, 4.69) is 0 Å². The minimum absolute atomic E-state index is 0.0255. The van der Waals surface area contributed by atoms with Crippen LogP contribution in [-0.4, -0.2) is 18.8 Å². The van der Waals surface area contributed by atoms with Gasteiger partial charge in [-0.15, -0.1) is 0 Å². The molecule has 0 aliphatic carbocycles. The number of pyridine rings is 1. The van der Waals surface area contributed by atoms with Crippen LogP contribution in [0.15, 0.2) is 16.9 Å². The molecule has 3 nitrogen and oxygen atoms in total. The van der Waals surface area contributed by atoms with Crippen LogP contribution in [0, 0.1) is 13.8 Å². The van der Waals surface area contributed by atoms with Gasteiger partial charge in [0.1, 0.15) is 0 Å². The van der Waals surface area contributed by atoms with Crippen molar-refractivity contribution in [2.75, 3.05) is 19.1 Å². The summed E-state index contributed by atoms with van der Waals surface area (Å²) in [6, 6.07) is 3.62. The minimum Gasteiger partial charge on any atom is -0.316 e. The first-order valence-corrected chi connectivity index (χ1v) is 3.90. The van der Waals surface area contributed by atoms with Gasteiger partial charge in [0, 0.05) is 25.9 Å². The van der Waals surface area contributed by atoms with Crippen molar-refractivity contribution in [3.8, 4) is 0 Å². The number of nitrogens with zero attached hydrogens (tertiary/aromatic N) is 2. The molecule has 0 aliphatic heterocycles. The third-order valence-corrected chi connectivity index (χ3v) is 1.73. The van der Waals surface area contributed by atoms with Crippen molar-refractivity contribution in [2.24, 2.45) is 0 Å². The van der Waals surface area contributed by atoms with Crippen molar-refractivity contribution in [1.82, 2.24) is 4.68 Å². The highest BCUT2D eigenvalue weighted by molar-refractivity contribution is 5.16. The maximum Gasteiger partial charge on any atom is 0.269 e. The van der Waals surface area contributed by atoms with Crippen molar-refractivity contribution in [1.29, 1.82) is 0 Å². The second-order valence-corrected chi connectivity index (χ2v) is 3.17. The molecule has 0 aliphatic rings. The molecule has 0 atom stereocenters. The van der Waals surface area contributed by atoms with Gasteiger partial charge in [-0.05, 0) is 25.5 Å². The first kappa shape index (κ1) is 8.84. The number of hydrogen-bond donors (Lipinski definition) is 0. The van der Waals surface area contributed by atoms with Crippen LogP contribution in [0.2, 0.25) is 0 Å². The average Bonchev–Trinajstić information content (AvgIpc) is 1.82. The zero-order valence-electron chi connectivity index (χ0n) is 7.96. The standard InChI is InChI=1S/C9H14N2O/c1-7-5-8(2)11(10(3)4)9(12)6-7/h5-6H,1-4H3. The SMILES string of the molecule is Cc1cc(C)n(N(C)C)c(=O)c1. The quantitative estimate of drug-likeness (QED) is 0.612. The lowest BCUT2D eigenvalue weighted by Crippen LogP contribution is -2.37. The Morgan fingerprint density at radius 2 is 1.83 bits per heavy atom. The molecule has 1 rings (SSSR count). The molecule has 12 heavy (non-hydrogen) atoms. The van der Waals surface area contributed by atoms with E-state index in [9.17, 15) is 4.79 Å². The van der Waals surface area contributed by atoms with E-state index in [0.717, 1.165) is 11.3 Å². The van der Waals surface area contributed by atoms with E-state index in [0.29, 0.717) is 0 Å². The van der Waals surface area contributed by atoms with Gasteiger partial charge in [0.2, 0.25) is 0 Å². The van der Waals surface area contributed by atoms with Crippen LogP contribution in [0.4, 0.5) is 0 Å². The third kappa shape index (κ3) is 1.49. The molecule has 0 bridgehead atoms.